The van der Waals surface area contributed by atoms with Crippen molar-refractivity contribution in [1.29, 1.82) is 0 Å². The molecule has 0 bridgehead atoms. The van der Waals surface area contributed by atoms with Gasteiger partial charge in [0.2, 0.25) is 0 Å². The van der Waals surface area contributed by atoms with Gasteiger partial charge in [0.1, 0.15) is 0 Å². The molecule has 13 heavy (non-hydrogen) atoms. The van der Waals surface area contributed by atoms with E-state index in [-0.39, 0.29) is 10.5 Å². The summed E-state index contributed by atoms with van der Waals surface area (Å²) in [7, 11) is -1.63. The van der Waals surface area contributed by atoms with Gasteiger partial charge in [0.15, 0.2) is 0 Å². The van der Waals surface area contributed by atoms with Crippen molar-refractivity contribution in [3.8, 4) is 0 Å². The number of hydrogen-bond acceptors (Lipinski definition) is 3. The maximum atomic E-state index is 8.98. The fraction of sp³-hybridized carbons (Fsp3) is 0.143. The Balaban J connectivity index is 3.30. The van der Waals surface area contributed by atoms with Crippen LogP contribution in [-0.2, 0) is 0 Å². The van der Waals surface area contributed by atoms with Crippen LogP contribution in [0.3, 0.4) is 0 Å². The zero-order valence-electron chi connectivity index (χ0n) is 6.79. The van der Waals surface area contributed by atoms with E-state index >= 15 is 0 Å². The van der Waals surface area contributed by atoms with Gasteiger partial charge in [-0.25, -0.2) is 0 Å². The lowest BCUT2D eigenvalue weighted by Gasteiger charge is -2.08. The van der Waals surface area contributed by atoms with E-state index in [1.807, 2.05) is 6.26 Å². The average Bonchev–Trinajstić information content (AvgIpc) is 2.04. The second kappa shape index (κ2) is 4.57. The molecule has 0 aromatic heterocycles. The van der Waals surface area contributed by atoms with E-state index in [1.54, 1.807) is 12.1 Å². The largest absolute Gasteiger partial charge is 0.491 e. The molecule has 0 fully saturated rings. The summed E-state index contributed by atoms with van der Waals surface area (Å²) < 4.78 is 0. The van der Waals surface area contributed by atoms with Crippen LogP contribution in [0.1, 0.15) is 0 Å². The second-order valence-electron chi connectivity index (χ2n) is 2.35. The van der Waals surface area contributed by atoms with Crippen LogP contribution in [0.25, 0.3) is 0 Å². The summed E-state index contributed by atoms with van der Waals surface area (Å²) in [6.07, 6.45) is 1.85. The molecule has 0 aliphatic rings. The van der Waals surface area contributed by atoms with Gasteiger partial charge in [0.05, 0.1) is 5.02 Å². The molecule has 70 valence electrons. The van der Waals surface area contributed by atoms with Crippen LogP contribution >= 0.6 is 35.0 Å². The summed E-state index contributed by atoms with van der Waals surface area (Å²) in [5.74, 6) is 0. The Labute approximate surface area is 91.0 Å². The monoisotopic (exact) mass is 236 g/mol. The van der Waals surface area contributed by atoms with Crippen molar-refractivity contribution in [2.24, 2.45) is 0 Å². The van der Waals surface area contributed by atoms with Crippen molar-refractivity contribution in [3.63, 3.8) is 0 Å². The molecular weight excluding hydrogens is 230 g/mol. The Kier molecular flexibility index (Phi) is 3.95. The van der Waals surface area contributed by atoms with Crippen molar-refractivity contribution in [2.75, 3.05) is 6.26 Å². The van der Waals surface area contributed by atoms with Gasteiger partial charge in [-0.2, -0.15) is 0 Å². The first-order chi connectivity index (χ1) is 6.07. The van der Waals surface area contributed by atoms with Crippen LogP contribution in [0.5, 0.6) is 0 Å². The highest BCUT2D eigenvalue weighted by Gasteiger charge is 2.20. The van der Waals surface area contributed by atoms with Gasteiger partial charge in [-0.1, -0.05) is 23.2 Å². The first-order valence-electron chi connectivity index (χ1n) is 3.46. The van der Waals surface area contributed by atoms with Gasteiger partial charge >= 0.3 is 7.12 Å². The van der Waals surface area contributed by atoms with E-state index in [4.69, 9.17) is 33.2 Å². The summed E-state index contributed by atoms with van der Waals surface area (Å²) in [4.78, 5) is 0.772. The van der Waals surface area contributed by atoms with Crippen molar-refractivity contribution >= 4 is 47.5 Å². The summed E-state index contributed by atoms with van der Waals surface area (Å²) in [6.45, 7) is 0. The van der Waals surface area contributed by atoms with E-state index < -0.39 is 7.12 Å². The smallest absolute Gasteiger partial charge is 0.423 e. The van der Waals surface area contributed by atoms with Crippen molar-refractivity contribution < 1.29 is 10.0 Å². The molecule has 0 saturated carbocycles. The van der Waals surface area contributed by atoms with Crippen molar-refractivity contribution in [1.82, 2.24) is 0 Å². The lowest BCUT2D eigenvalue weighted by molar-refractivity contribution is 0.426. The first-order valence-corrected chi connectivity index (χ1v) is 5.44. The summed E-state index contributed by atoms with van der Waals surface area (Å²) in [5, 5.41) is 18.5. The van der Waals surface area contributed by atoms with E-state index in [0.717, 1.165) is 4.90 Å². The predicted molar refractivity (Wildman–Crippen MR) is 58.1 cm³/mol. The Morgan fingerprint density at radius 2 is 1.92 bits per heavy atom. The third kappa shape index (κ3) is 2.33. The average molecular weight is 237 g/mol. The van der Waals surface area contributed by atoms with Crippen molar-refractivity contribution in [3.05, 3.63) is 22.2 Å². The third-order valence-electron chi connectivity index (χ3n) is 1.57. The topological polar surface area (TPSA) is 40.5 Å². The van der Waals surface area contributed by atoms with E-state index in [9.17, 15) is 0 Å². The van der Waals surface area contributed by atoms with E-state index in [0.29, 0.717) is 5.02 Å². The molecule has 2 N–H and O–H groups in total. The van der Waals surface area contributed by atoms with Crippen LogP contribution < -0.4 is 5.46 Å². The predicted octanol–water partition coefficient (Wildman–Crippen LogP) is 1.40. The minimum absolute atomic E-state index is 0.162. The molecule has 0 radical (unpaired) electrons. The van der Waals surface area contributed by atoms with Gasteiger partial charge < -0.3 is 10.0 Å². The number of halogens is 2. The van der Waals surface area contributed by atoms with Crippen molar-refractivity contribution in [2.45, 2.75) is 4.90 Å². The van der Waals surface area contributed by atoms with Crippen LogP contribution in [-0.4, -0.2) is 23.4 Å². The molecule has 2 nitrogen and oxygen atoms in total. The Morgan fingerprint density at radius 3 is 2.38 bits per heavy atom. The summed E-state index contributed by atoms with van der Waals surface area (Å²) in [6, 6.07) is 3.33. The fourth-order valence-electron chi connectivity index (χ4n) is 0.944. The standard InChI is InChI=1S/C7H7BCl2O2S/c1-13-5-3-2-4(9)6(7(5)10)8(11)12/h2-3,11-12H,1H3. The van der Waals surface area contributed by atoms with Gasteiger partial charge in [-0.3, -0.25) is 0 Å². The van der Waals surface area contributed by atoms with Crippen LogP contribution in [0.4, 0.5) is 0 Å². The Hall–Kier alpha value is 0.135. The first kappa shape index (κ1) is 11.2. The molecule has 0 saturated heterocycles. The van der Waals surface area contributed by atoms with Gasteiger partial charge in [-0.15, -0.1) is 11.8 Å². The lowest BCUT2D eigenvalue weighted by Crippen LogP contribution is -2.32. The molecule has 0 heterocycles. The number of thioether (sulfide) groups is 1. The van der Waals surface area contributed by atoms with E-state index in [2.05, 4.69) is 0 Å². The van der Waals surface area contributed by atoms with Crippen LogP contribution in [0, 0.1) is 0 Å². The van der Waals surface area contributed by atoms with E-state index in [1.165, 1.54) is 11.8 Å². The molecule has 6 heteroatoms. The molecule has 0 unspecified atom stereocenters. The van der Waals surface area contributed by atoms with Gasteiger partial charge in [0.25, 0.3) is 0 Å². The summed E-state index contributed by atoms with van der Waals surface area (Å²) in [5.41, 5.74) is 0.162. The molecule has 1 aromatic carbocycles. The van der Waals surface area contributed by atoms with Gasteiger partial charge in [-0.05, 0) is 18.4 Å². The lowest BCUT2D eigenvalue weighted by atomic mass is 9.80. The molecular formula is C7H7BCl2O2S. The number of hydrogen-bond donors (Lipinski definition) is 2. The zero-order valence-corrected chi connectivity index (χ0v) is 9.12. The highest BCUT2D eigenvalue weighted by molar-refractivity contribution is 7.98. The maximum absolute atomic E-state index is 8.98. The van der Waals surface area contributed by atoms with Crippen LogP contribution in [0.15, 0.2) is 17.0 Å². The molecule has 0 aliphatic carbocycles. The molecule has 1 rings (SSSR count). The molecule has 0 atom stereocenters. The third-order valence-corrected chi connectivity index (χ3v) is 3.20. The number of rotatable bonds is 2. The quantitative estimate of drug-likeness (QED) is 0.603. The number of benzene rings is 1. The Bertz CT molecular complexity index is 320. The second-order valence-corrected chi connectivity index (χ2v) is 3.98. The molecule has 0 amide bonds. The summed E-state index contributed by atoms with van der Waals surface area (Å²) >= 11 is 13.0. The van der Waals surface area contributed by atoms with Crippen LogP contribution in [0.2, 0.25) is 10.0 Å². The molecule has 1 aromatic rings. The normalized spacial score (nSPS) is 10.2. The highest BCUT2D eigenvalue weighted by Crippen LogP contribution is 2.26. The zero-order chi connectivity index (χ0) is 10.0. The fourth-order valence-corrected chi connectivity index (χ4v) is 2.23. The SMILES string of the molecule is CSc1ccc(Cl)c(B(O)O)c1Cl. The van der Waals surface area contributed by atoms with Gasteiger partial charge in [0, 0.05) is 15.4 Å². The molecule has 0 aliphatic heterocycles. The highest BCUT2D eigenvalue weighted by atomic mass is 35.5. The minimum Gasteiger partial charge on any atom is -0.423 e. The molecule has 0 spiro atoms. The Morgan fingerprint density at radius 1 is 1.31 bits per heavy atom. The minimum atomic E-state index is -1.63. The maximum Gasteiger partial charge on any atom is 0.491 e.